The van der Waals surface area contributed by atoms with Gasteiger partial charge in [0.1, 0.15) is 0 Å². The van der Waals surface area contributed by atoms with Crippen LogP contribution in [0.25, 0.3) is 5.57 Å². The number of benzene rings is 2. The van der Waals surface area contributed by atoms with Crippen LogP contribution in [0.1, 0.15) is 50.3 Å². The maximum atomic E-state index is 2.50. The molecule has 4 rings (SSSR count). The van der Waals surface area contributed by atoms with E-state index in [0.29, 0.717) is 11.8 Å². The predicted molar refractivity (Wildman–Crippen MR) is 103 cm³/mol. The zero-order chi connectivity index (χ0) is 16.8. The summed E-state index contributed by atoms with van der Waals surface area (Å²) >= 11 is 0. The largest absolute Gasteiger partial charge is 0.0676 e. The van der Waals surface area contributed by atoms with Crippen LogP contribution in [-0.4, -0.2) is 0 Å². The molecule has 0 fully saturated rings. The Labute approximate surface area is 145 Å². The first kappa shape index (κ1) is 15.2. The Bertz CT molecular complexity index is 867. The summed E-state index contributed by atoms with van der Waals surface area (Å²) in [6.07, 6.45) is 2.50. The van der Waals surface area contributed by atoms with Gasteiger partial charge in [-0.05, 0) is 61.1 Å². The maximum absolute atomic E-state index is 2.50. The molecule has 0 N–H and O–H groups in total. The second-order valence-electron chi connectivity index (χ2n) is 7.15. The quantitative estimate of drug-likeness (QED) is 0.592. The molecule has 120 valence electrons. The molecule has 0 aliphatic heterocycles. The highest BCUT2D eigenvalue weighted by atomic mass is 14.4. The average molecular weight is 312 g/mol. The summed E-state index contributed by atoms with van der Waals surface area (Å²) < 4.78 is 0. The fourth-order valence-electron chi connectivity index (χ4n) is 4.46. The normalized spacial score (nSPS) is 20.7. The highest BCUT2D eigenvalue weighted by Gasteiger charge is 2.35. The van der Waals surface area contributed by atoms with E-state index < -0.39 is 0 Å². The Morgan fingerprint density at radius 3 is 1.92 bits per heavy atom. The lowest BCUT2D eigenvalue weighted by Crippen LogP contribution is -2.11. The van der Waals surface area contributed by atoms with Crippen molar-refractivity contribution in [1.29, 1.82) is 0 Å². The second kappa shape index (κ2) is 5.63. The van der Waals surface area contributed by atoms with Gasteiger partial charge >= 0.3 is 0 Å². The number of rotatable bonds is 2. The molecule has 0 bridgehead atoms. The van der Waals surface area contributed by atoms with Gasteiger partial charge in [0, 0.05) is 11.8 Å². The van der Waals surface area contributed by atoms with E-state index in [1.807, 2.05) is 0 Å². The summed E-state index contributed by atoms with van der Waals surface area (Å²) in [5.74, 6) is 0.955. The van der Waals surface area contributed by atoms with Gasteiger partial charge in [-0.3, -0.25) is 0 Å². The monoisotopic (exact) mass is 312 g/mol. The van der Waals surface area contributed by atoms with Gasteiger partial charge in [-0.1, -0.05) is 71.8 Å². The third kappa shape index (κ3) is 2.13. The molecule has 0 radical (unpaired) electrons. The first-order valence-corrected chi connectivity index (χ1v) is 8.81. The van der Waals surface area contributed by atoms with Crippen LogP contribution < -0.4 is 0 Å². The molecule has 2 aromatic rings. The van der Waals surface area contributed by atoms with E-state index in [4.69, 9.17) is 0 Å². The van der Waals surface area contributed by atoms with Crippen molar-refractivity contribution in [2.45, 2.75) is 33.6 Å². The van der Waals surface area contributed by atoms with Crippen molar-refractivity contribution in [3.63, 3.8) is 0 Å². The summed E-state index contributed by atoms with van der Waals surface area (Å²) in [6, 6.07) is 19.7. The summed E-state index contributed by atoms with van der Waals surface area (Å²) in [6.45, 7) is 9.18. The molecule has 0 heterocycles. The van der Waals surface area contributed by atoms with Crippen LogP contribution in [0.5, 0.6) is 0 Å². The van der Waals surface area contributed by atoms with Crippen LogP contribution >= 0.6 is 0 Å². The van der Waals surface area contributed by atoms with Crippen molar-refractivity contribution >= 4 is 5.57 Å². The van der Waals surface area contributed by atoms with E-state index in [0.717, 1.165) is 0 Å². The Balaban J connectivity index is 1.88. The van der Waals surface area contributed by atoms with Gasteiger partial charge in [-0.25, -0.2) is 0 Å². The smallest absolute Gasteiger partial charge is 0.0137 e. The minimum atomic E-state index is 0.448. The van der Waals surface area contributed by atoms with Gasteiger partial charge in [0.25, 0.3) is 0 Å². The molecule has 2 aromatic carbocycles. The lowest BCUT2D eigenvalue weighted by molar-refractivity contribution is 0.648. The van der Waals surface area contributed by atoms with Crippen LogP contribution in [0.4, 0.5) is 0 Å². The van der Waals surface area contributed by atoms with Crippen LogP contribution in [0.15, 0.2) is 83.0 Å². The van der Waals surface area contributed by atoms with E-state index in [2.05, 4.69) is 88.4 Å². The highest BCUT2D eigenvalue weighted by Crippen LogP contribution is 2.50. The first-order chi connectivity index (χ1) is 11.6. The Morgan fingerprint density at radius 1 is 0.667 bits per heavy atom. The van der Waals surface area contributed by atoms with E-state index in [9.17, 15) is 0 Å². The third-order valence-corrected chi connectivity index (χ3v) is 6.08. The standard InChI is InChI=1S/C24H24/c1-15-16(2)18(4)24(17(15)3)23-14-22(19-10-6-5-7-11-19)20-12-8-9-13-21(20)23/h5-14,23-24H,1-4H3. The highest BCUT2D eigenvalue weighted by molar-refractivity contribution is 5.86. The van der Waals surface area contributed by atoms with Gasteiger partial charge < -0.3 is 0 Å². The Hall–Kier alpha value is -2.34. The summed E-state index contributed by atoms with van der Waals surface area (Å²) in [5.41, 5.74) is 11.6. The molecule has 0 saturated carbocycles. The number of fused-ring (bicyclic) bond motifs is 1. The van der Waals surface area contributed by atoms with Crippen LogP contribution in [0.3, 0.4) is 0 Å². The molecular formula is C24H24. The zero-order valence-corrected chi connectivity index (χ0v) is 14.9. The van der Waals surface area contributed by atoms with Crippen LogP contribution in [-0.2, 0) is 0 Å². The van der Waals surface area contributed by atoms with Crippen molar-refractivity contribution in [3.8, 4) is 0 Å². The van der Waals surface area contributed by atoms with Gasteiger partial charge in [0.05, 0.1) is 0 Å². The van der Waals surface area contributed by atoms with Gasteiger partial charge in [-0.15, -0.1) is 0 Å². The second-order valence-corrected chi connectivity index (χ2v) is 7.15. The number of hydrogen-bond donors (Lipinski definition) is 0. The van der Waals surface area contributed by atoms with E-state index >= 15 is 0 Å². The fraction of sp³-hybridized carbons (Fsp3) is 0.250. The van der Waals surface area contributed by atoms with Crippen molar-refractivity contribution in [1.82, 2.24) is 0 Å². The molecule has 1 atom stereocenters. The lowest BCUT2D eigenvalue weighted by Gasteiger charge is -2.23. The minimum Gasteiger partial charge on any atom is -0.0676 e. The summed E-state index contributed by atoms with van der Waals surface area (Å²) in [7, 11) is 0. The summed E-state index contributed by atoms with van der Waals surface area (Å²) in [5, 5.41) is 0. The molecule has 0 nitrogen and oxygen atoms in total. The molecule has 2 aliphatic rings. The molecule has 0 amide bonds. The van der Waals surface area contributed by atoms with Gasteiger partial charge in [0.15, 0.2) is 0 Å². The lowest BCUT2D eigenvalue weighted by atomic mass is 9.81. The predicted octanol–water partition coefficient (Wildman–Crippen LogP) is 6.52. The van der Waals surface area contributed by atoms with Crippen LogP contribution in [0.2, 0.25) is 0 Å². The molecule has 1 unspecified atom stereocenters. The van der Waals surface area contributed by atoms with Crippen molar-refractivity contribution in [3.05, 3.63) is 99.7 Å². The topological polar surface area (TPSA) is 0 Å². The third-order valence-electron chi connectivity index (χ3n) is 6.08. The minimum absolute atomic E-state index is 0.448. The molecule has 0 heteroatoms. The first-order valence-electron chi connectivity index (χ1n) is 8.81. The Kier molecular flexibility index (Phi) is 3.57. The van der Waals surface area contributed by atoms with E-state index in [1.165, 1.54) is 44.6 Å². The number of allylic oxidation sites excluding steroid dienone is 5. The maximum Gasteiger partial charge on any atom is 0.0137 e. The van der Waals surface area contributed by atoms with E-state index in [1.54, 1.807) is 0 Å². The van der Waals surface area contributed by atoms with Crippen LogP contribution in [0, 0.1) is 5.92 Å². The van der Waals surface area contributed by atoms with Gasteiger partial charge in [0.2, 0.25) is 0 Å². The number of hydrogen-bond acceptors (Lipinski definition) is 0. The fourth-order valence-corrected chi connectivity index (χ4v) is 4.46. The molecule has 0 spiro atoms. The van der Waals surface area contributed by atoms with Crippen molar-refractivity contribution in [2.24, 2.45) is 5.92 Å². The molecule has 0 aromatic heterocycles. The SMILES string of the molecule is CC1=C(C)C(C2C=C(c3ccccc3)c3ccccc32)C(C)=C1C. The van der Waals surface area contributed by atoms with Gasteiger partial charge in [-0.2, -0.15) is 0 Å². The average Bonchev–Trinajstić information content (AvgIpc) is 3.08. The molecular weight excluding hydrogens is 288 g/mol. The summed E-state index contributed by atoms with van der Waals surface area (Å²) in [4.78, 5) is 0. The molecule has 24 heavy (non-hydrogen) atoms. The van der Waals surface area contributed by atoms with E-state index in [-0.39, 0.29) is 0 Å². The van der Waals surface area contributed by atoms with Crippen molar-refractivity contribution < 1.29 is 0 Å². The zero-order valence-electron chi connectivity index (χ0n) is 14.9. The Morgan fingerprint density at radius 2 is 1.25 bits per heavy atom. The molecule has 2 aliphatic carbocycles. The van der Waals surface area contributed by atoms with Crippen molar-refractivity contribution in [2.75, 3.05) is 0 Å². The molecule has 0 saturated heterocycles.